The third-order valence-electron chi connectivity index (χ3n) is 2.77. The summed E-state index contributed by atoms with van der Waals surface area (Å²) in [5, 5.41) is 8.68. The van der Waals surface area contributed by atoms with Gasteiger partial charge in [0.2, 0.25) is 5.91 Å². The maximum atomic E-state index is 11.4. The van der Waals surface area contributed by atoms with Crippen LogP contribution in [0, 0.1) is 0 Å². The van der Waals surface area contributed by atoms with E-state index >= 15 is 0 Å². The second-order valence-corrected chi connectivity index (χ2v) is 4.43. The summed E-state index contributed by atoms with van der Waals surface area (Å²) in [7, 11) is 3.46. The maximum absolute atomic E-state index is 11.4. The number of morpholine rings is 1. The molecule has 1 aliphatic rings. The molecule has 1 unspecified atom stereocenters. The zero-order valence-electron chi connectivity index (χ0n) is 10.4. The number of amides is 1. The Bertz CT molecular complexity index is 281. The fourth-order valence-corrected chi connectivity index (χ4v) is 1.78. The van der Waals surface area contributed by atoms with Gasteiger partial charge in [-0.3, -0.25) is 14.5 Å². The van der Waals surface area contributed by atoms with Crippen molar-refractivity contribution in [3.8, 4) is 0 Å². The Kier molecular flexibility index (Phi) is 5.37. The highest BCUT2D eigenvalue weighted by atomic mass is 16.5. The fourth-order valence-electron chi connectivity index (χ4n) is 1.78. The second kappa shape index (κ2) is 6.56. The Labute approximate surface area is 101 Å². The molecule has 0 aromatic carbocycles. The molecule has 17 heavy (non-hydrogen) atoms. The quantitative estimate of drug-likeness (QED) is 0.715. The van der Waals surface area contributed by atoms with Gasteiger partial charge in [0, 0.05) is 40.2 Å². The Balaban J connectivity index is 2.29. The lowest BCUT2D eigenvalue weighted by Crippen LogP contribution is -2.44. The molecule has 0 radical (unpaired) electrons. The number of carboxylic acids is 1. The smallest absolute Gasteiger partial charge is 0.306 e. The van der Waals surface area contributed by atoms with Crippen molar-refractivity contribution in [1.29, 1.82) is 0 Å². The largest absolute Gasteiger partial charge is 0.481 e. The maximum Gasteiger partial charge on any atom is 0.306 e. The van der Waals surface area contributed by atoms with Crippen molar-refractivity contribution < 1.29 is 19.4 Å². The van der Waals surface area contributed by atoms with Gasteiger partial charge in [0.25, 0.3) is 0 Å². The molecule has 6 nitrogen and oxygen atoms in total. The van der Waals surface area contributed by atoms with Crippen LogP contribution in [0.4, 0.5) is 0 Å². The second-order valence-electron chi connectivity index (χ2n) is 4.43. The Morgan fingerprint density at radius 3 is 2.76 bits per heavy atom. The number of ether oxygens (including phenoxy) is 1. The monoisotopic (exact) mass is 244 g/mol. The fraction of sp³-hybridized carbons (Fsp3) is 0.818. The van der Waals surface area contributed by atoms with Crippen molar-refractivity contribution in [2.45, 2.75) is 18.9 Å². The van der Waals surface area contributed by atoms with Gasteiger partial charge in [-0.25, -0.2) is 0 Å². The number of carbonyl (C=O) groups excluding carboxylic acids is 1. The summed E-state index contributed by atoms with van der Waals surface area (Å²) in [6.07, 6.45) is 0.237. The summed E-state index contributed by atoms with van der Waals surface area (Å²) in [5.41, 5.74) is 0. The molecule has 6 heteroatoms. The molecular formula is C11H20N2O4. The number of hydrogen-bond acceptors (Lipinski definition) is 4. The van der Waals surface area contributed by atoms with Gasteiger partial charge in [0.1, 0.15) is 0 Å². The number of hydrogen-bond donors (Lipinski definition) is 1. The predicted octanol–water partition coefficient (Wildman–Crippen LogP) is -0.360. The van der Waals surface area contributed by atoms with Crippen molar-refractivity contribution in [1.82, 2.24) is 9.80 Å². The van der Waals surface area contributed by atoms with E-state index < -0.39 is 5.97 Å². The van der Waals surface area contributed by atoms with E-state index in [4.69, 9.17) is 9.84 Å². The highest BCUT2D eigenvalue weighted by molar-refractivity contribution is 5.75. The minimum atomic E-state index is -0.846. The van der Waals surface area contributed by atoms with Crippen LogP contribution < -0.4 is 0 Å². The molecule has 0 aromatic heterocycles. The lowest BCUT2D eigenvalue weighted by Gasteiger charge is -2.32. The van der Waals surface area contributed by atoms with Crippen molar-refractivity contribution in [3.63, 3.8) is 0 Å². The summed E-state index contributed by atoms with van der Waals surface area (Å²) < 4.78 is 5.36. The number of aliphatic carboxylic acids is 1. The molecule has 0 spiro atoms. The van der Waals surface area contributed by atoms with Crippen molar-refractivity contribution >= 4 is 11.9 Å². The lowest BCUT2D eigenvalue weighted by atomic mass is 10.2. The first-order valence-electron chi connectivity index (χ1n) is 5.75. The molecule has 98 valence electrons. The van der Waals surface area contributed by atoms with Gasteiger partial charge < -0.3 is 14.7 Å². The van der Waals surface area contributed by atoms with E-state index in [1.54, 1.807) is 19.0 Å². The van der Waals surface area contributed by atoms with Gasteiger partial charge in [0.05, 0.1) is 19.1 Å². The van der Waals surface area contributed by atoms with Gasteiger partial charge in [-0.15, -0.1) is 0 Å². The molecule has 1 atom stereocenters. The van der Waals surface area contributed by atoms with Crippen LogP contribution in [0.15, 0.2) is 0 Å². The predicted molar refractivity (Wildman–Crippen MR) is 61.7 cm³/mol. The zero-order valence-corrected chi connectivity index (χ0v) is 10.4. The van der Waals surface area contributed by atoms with E-state index in [2.05, 4.69) is 4.90 Å². The van der Waals surface area contributed by atoms with Crippen molar-refractivity contribution in [2.24, 2.45) is 0 Å². The number of rotatable bonds is 5. The topological polar surface area (TPSA) is 70.1 Å². The normalized spacial score (nSPS) is 21.2. The standard InChI is InChI=1S/C11H20N2O4/c1-12(2)10(14)3-4-13-5-6-17-9(8-13)7-11(15)16/h9H,3-8H2,1-2H3,(H,15,16). The SMILES string of the molecule is CN(C)C(=O)CCN1CCOC(CC(=O)O)C1. The van der Waals surface area contributed by atoms with Gasteiger partial charge in [-0.2, -0.15) is 0 Å². The first-order valence-corrected chi connectivity index (χ1v) is 5.75. The van der Waals surface area contributed by atoms with E-state index in [0.717, 1.165) is 6.54 Å². The molecule has 1 amide bonds. The van der Waals surface area contributed by atoms with E-state index in [1.807, 2.05) is 0 Å². The molecule has 0 bridgehead atoms. The minimum absolute atomic E-state index is 0.0259. The van der Waals surface area contributed by atoms with Crippen LogP contribution >= 0.6 is 0 Å². The van der Waals surface area contributed by atoms with E-state index in [0.29, 0.717) is 26.1 Å². The summed E-state index contributed by atoms with van der Waals surface area (Å²) >= 11 is 0. The van der Waals surface area contributed by atoms with Gasteiger partial charge >= 0.3 is 5.97 Å². The van der Waals surface area contributed by atoms with Gasteiger partial charge in [-0.1, -0.05) is 0 Å². The van der Waals surface area contributed by atoms with Crippen LogP contribution in [-0.4, -0.2) is 73.2 Å². The lowest BCUT2D eigenvalue weighted by molar-refractivity contribution is -0.142. The van der Waals surface area contributed by atoms with Crippen LogP contribution in [0.1, 0.15) is 12.8 Å². The third-order valence-corrected chi connectivity index (χ3v) is 2.77. The Morgan fingerprint density at radius 1 is 1.47 bits per heavy atom. The van der Waals surface area contributed by atoms with Crippen LogP contribution in [0.25, 0.3) is 0 Å². The van der Waals surface area contributed by atoms with Crippen molar-refractivity contribution in [2.75, 3.05) is 40.3 Å². The third kappa shape index (κ3) is 5.14. The Morgan fingerprint density at radius 2 is 2.18 bits per heavy atom. The molecule has 0 aromatic rings. The van der Waals surface area contributed by atoms with E-state index in [-0.39, 0.29) is 18.4 Å². The van der Waals surface area contributed by atoms with Gasteiger partial charge in [-0.05, 0) is 0 Å². The van der Waals surface area contributed by atoms with Crippen LogP contribution in [0.5, 0.6) is 0 Å². The van der Waals surface area contributed by atoms with E-state index in [1.165, 1.54) is 0 Å². The summed E-state index contributed by atoms with van der Waals surface area (Å²) in [6.45, 7) is 2.55. The molecule has 0 aliphatic carbocycles. The summed E-state index contributed by atoms with van der Waals surface area (Å²) in [6, 6.07) is 0. The molecule has 1 rings (SSSR count). The van der Waals surface area contributed by atoms with Gasteiger partial charge in [0.15, 0.2) is 0 Å². The molecule has 1 heterocycles. The highest BCUT2D eigenvalue weighted by Crippen LogP contribution is 2.09. The van der Waals surface area contributed by atoms with Crippen molar-refractivity contribution in [3.05, 3.63) is 0 Å². The average Bonchev–Trinajstić information content (AvgIpc) is 2.25. The number of carboxylic acid groups (broad SMARTS) is 1. The molecular weight excluding hydrogens is 224 g/mol. The number of carbonyl (C=O) groups is 2. The first-order chi connectivity index (χ1) is 7.99. The average molecular weight is 244 g/mol. The highest BCUT2D eigenvalue weighted by Gasteiger charge is 2.22. The van der Waals surface area contributed by atoms with Crippen LogP contribution in [-0.2, 0) is 14.3 Å². The number of nitrogens with zero attached hydrogens (tertiary/aromatic N) is 2. The molecule has 0 saturated carbocycles. The molecule has 1 aliphatic heterocycles. The van der Waals surface area contributed by atoms with Crippen LogP contribution in [0.2, 0.25) is 0 Å². The van der Waals surface area contributed by atoms with E-state index in [9.17, 15) is 9.59 Å². The zero-order chi connectivity index (χ0) is 12.8. The first kappa shape index (κ1) is 13.9. The molecule has 1 fully saturated rings. The summed E-state index contributed by atoms with van der Waals surface area (Å²) in [5.74, 6) is -0.757. The Hall–Kier alpha value is -1.14. The summed E-state index contributed by atoms with van der Waals surface area (Å²) in [4.78, 5) is 25.6. The molecule has 1 saturated heterocycles. The minimum Gasteiger partial charge on any atom is -0.481 e. The van der Waals surface area contributed by atoms with Crippen LogP contribution in [0.3, 0.4) is 0 Å². The molecule has 1 N–H and O–H groups in total.